The standard InChI is InChI=1S/C14H20ClNO3/c1-17-12-7-9(10(15)8-13(12)18-2)14(16)11-5-3-4-6-19-11/h7-8,11,14H,3-6,16H2,1-2H3. The molecule has 106 valence electrons. The molecule has 0 bridgehead atoms. The quantitative estimate of drug-likeness (QED) is 0.924. The summed E-state index contributed by atoms with van der Waals surface area (Å²) in [5.74, 6) is 1.24. The molecule has 1 saturated heterocycles. The van der Waals surface area contributed by atoms with E-state index in [0.29, 0.717) is 16.5 Å². The van der Waals surface area contributed by atoms with Gasteiger partial charge in [0.05, 0.1) is 26.4 Å². The topological polar surface area (TPSA) is 53.7 Å². The van der Waals surface area contributed by atoms with E-state index >= 15 is 0 Å². The molecule has 0 aromatic heterocycles. The highest BCUT2D eigenvalue weighted by molar-refractivity contribution is 6.31. The van der Waals surface area contributed by atoms with Gasteiger partial charge in [-0.25, -0.2) is 0 Å². The Morgan fingerprint density at radius 2 is 1.95 bits per heavy atom. The van der Waals surface area contributed by atoms with Crippen molar-refractivity contribution in [2.24, 2.45) is 5.73 Å². The molecule has 2 atom stereocenters. The molecule has 2 rings (SSSR count). The van der Waals surface area contributed by atoms with E-state index in [-0.39, 0.29) is 12.1 Å². The van der Waals surface area contributed by atoms with Crippen molar-refractivity contribution in [1.82, 2.24) is 0 Å². The number of benzene rings is 1. The van der Waals surface area contributed by atoms with E-state index in [9.17, 15) is 0 Å². The monoisotopic (exact) mass is 285 g/mol. The van der Waals surface area contributed by atoms with Gasteiger partial charge in [-0.2, -0.15) is 0 Å². The Morgan fingerprint density at radius 3 is 2.53 bits per heavy atom. The number of nitrogens with two attached hydrogens (primary N) is 1. The van der Waals surface area contributed by atoms with Crippen molar-refractivity contribution in [2.45, 2.75) is 31.4 Å². The first-order chi connectivity index (χ1) is 9.17. The lowest BCUT2D eigenvalue weighted by molar-refractivity contribution is -0.00000840. The van der Waals surface area contributed by atoms with E-state index < -0.39 is 0 Å². The summed E-state index contributed by atoms with van der Waals surface area (Å²) < 4.78 is 16.2. The molecular weight excluding hydrogens is 266 g/mol. The van der Waals surface area contributed by atoms with Crippen LogP contribution < -0.4 is 15.2 Å². The minimum Gasteiger partial charge on any atom is -0.493 e. The average Bonchev–Trinajstić information content (AvgIpc) is 2.47. The fraction of sp³-hybridized carbons (Fsp3) is 0.571. The molecular formula is C14H20ClNO3. The minimum atomic E-state index is -0.243. The van der Waals surface area contributed by atoms with Crippen LogP contribution in [0.1, 0.15) is 30.9 Å². The van der Waals surface area contributed by atoms with Crippen LogP contribution in [0.5, 0.6) is 11.5 Å². The summed E-state index contributed by atoms with van der Waals surface area (Å²) in [6, 6.07) is 3.33. The van der Waals surface area contributed by atoms with Crippen molar-refractivity contribution in [3.63, 3.8) is 0 Å². The van der Waals surface area contributed by atoms with Gasteiger partial charge in [-0.3, -0.25) is 0 Å². The Hall–Kier alpha value is -0.970. The Kier molecular flexibility index (Phi) is 4.91. The number of ether oxygens (including phenoxy) is 3. The van der Waals surface area contributed by atoms with Crippen molar-refractivity contribution in [2.75, 3.05) is 20.8 Å². The second kappa shape index (κ2) is 6.46. The van der Waals surface area contributed by atoms with Crippen LogP contribution in [0.15, 0.2) is 12.1 Å². The summed E-state index contributed by atoms with van der Waals surface area (Å²) in [5.41, 5.74) is 7.12. The van der Waals surface area contributed by atoms with E-state index in [1.165, 1.54) is 0 Å². The molecule has 2 unspecified atom stereocenters. The Morgan fingerprint density at radius 1 is 1.26 bits per heavy atom. The number of halogens is 1. The van der Waals surface area contributed by atoms with Crippen LogP contribution in [0, 0.1) is 0 Å². The predicted octanol–water partition coefficient (Wildman–Crippen LogP) is 2.93. The average molecular weight is 286 g/mol. The molecule has 1 aromatic rings. The lowest BCUT2D eigenvalue weighted by Gasteiger charge is -2.29. The number of hydrogen-bond donors (Lipinski definition) is 1. The molecule has 1 heterocycles. The van der Waals surface area contributed by atoms with Gasteiger partial charge in [0.1, 0.15) is 0 Å². The fourth-order valence-electron chi connectivity index (χ4n) is 2.37. The molecule has 1 fully saturated rings. The lowest BCUT2D eigenvalue weighted by Crippen LogP contribution is -2.32. The maximum atomic E-state index is 6.28. The molecule has 0 saturated carbocycles. The van der Waals surface area contributed by atoms with Crippen molar-refractivity contribution in [3.05, 3.63) is 22.7 Å². The van der Waals surface area contributed by atoms with Crippen LogP contribution in [0.4, 0.5) is 0 Å². The van der Waals surface area contributed by atoms with Crippen LogP contribution in [-0.4, -0.2) is 26.9 Å². The Bertz CT molecular complexity index is 433. The molecule has 5 heteroatoms. The lowest BCUT2D eigenvalue weighted by atomic mass is 9.96. The molecule has 1 aromatic carbocycles. The summed E-state index contributed by atoms with van der Waals surface area (Å²) in [4.78, 5) is 0. The second-order valence-electron chi connectivity index (χ2n) is 4.66. The normalized spacial score (nSPS) is 20.9. The molecule has 2 N–H and O–H groups in total. The van der Waals surface area contributed by atoms with Gasteiger partial charge < -0.3 is 19.9 Å². The van der Waals surface area contributed by atoms with Crippen LogP contribution in [0.25, 0.3) is 0 Å². The zero-order chi connectivity index (χ0) is 13.8. The van der Waals surface area contributed by atoms with Gasteiger partial charge in [0, 0.05) is 17.7 Å². The highest BCUT2D eigenvalue weighted by Crippen LogP contribution is 2.37. The van der Waals surface area contributed by atoms with Crippen molar-refractivity contribution < 1.29 is 14.2 Å². The minimum absolute atomic E-state index is 0.0179. The number of rotatable bonds is 4. The molecule has 0 aliphatic carbocycles. The zero-order valence-electron chi connectivity index (χ0n) is 11.3. The SMILES string of the molecule is COc1cc(Cl)c(C(N)C2CCCCO2)cc1OC. The van der Waals surface area contributed by atoms with Gasteiger partial charge >= 0.3 is 0 Å². The number of methoxy groups -OCH3 is 2. The molecule has 0 amide bonds. The highest BCUT2D eigenvalue weighted by Gasteiger charge is 2.25. The van der Waals surface area contributed by atoms with Crippen LogP contribution in [0.2, 0.25) is 5.02 Å². The zero-order valence-corrected chi connectivity index (χ0v) is 12.1. The van der Waals surface area contributed by atoms with Gasteiger partial charge in [-0.1, -0.05) is 11.6 Å². The maximum Gasteiger partial charge on any atom is 0.162 e. The van der Waals surface area contributed by atoms with Gasteiger partial charge in [0.25, 0.3) is 0 Å². The van der Waals surface area contributed by atoms with Gasteiger partial charge in [0.15, 0.2) is 11.5 Å². The molecule has 1 aliphatic rings. The summed E-state index contributed by atoms with van der Waals surface area (Å²) in [6.07, 6.45) is 3.22. The molecule has 0 radical (unpaired) electrons. The first kappa shape index (κ1) is 14.4. The second-order valence-corrected chi connectivity index (χ2v) is 5.07. The van der Waals surface area contributed by atoms with Gasteiger partial charge in [-0.05, 0) is 30.9 Å². The smallest absolute Gasteiger partial charge is 0.162 e. The number of hydrogen-bond acceptors (Lipinski definition) is 4. The fourth-order valence-corrected chi connectivity index (χ4v) is 2.65. The predicted molar refractivity (Wildman–Crippen MR) is 75.1 cm³/mol. The molecule has 0 spiro atoms. The van der Waals surface area contributed by atoms with Crippen molar-refractivity contribution >= 4 is 11.6 Å². The third kappa shape index (κ3) is 3.14. The first-order valence-corrected chi connectivity index (χ1v) is 6.83. The molecule has 4 nitrogen and oxygen atoms in total. The third-order valence-electron chi connectivity index (χ3n) is 3.48. The van der Waals surface area contributed by atoms with E-state index in [1.54, 1.807) is 20.3 Å². The van der Waals surface area contributed by atoms with Crippen molar-refractivity contribution in [3.8, 4) is 11.5 Å². The molecule has 19 heavy (non-hydrogen) atoms. The third-order valence-corrected chi connectivity index (χ3v) is 3.80. The van der Waals surface area contributed by atoms with E-state index in [2.05, 4.69) is 0 Å². The largest absolute Gasteiger partial charge is 0.493 e. The van der Waals surface area contributed by atoms with Crippen LogP contribution in [-0.2, 0) is 4.74 Å². The summed E-state index contributed by atoms with van der Waals surface area (Å²) in [6.45, 7) is 0.767. The Labute approximate surface area is 118 Å². The Balaban J connectivity index is 2.27. The van der Waals surface area contributed by atoms with E-state index in [1.807, 2.05) is 6.07 Å². The van der Waals surface area contributed by atoms with E-state index in [0.717, 1.165) is 31.4 Å². The van der Waals surface area contributed by atoms with Crippen molar-refractivity contribution in [1.29, 1.82) is 0 Å². The molecule has 1 aliphatic heterocycles. The van der Waals surface area contributed by atoms with Gasteiger partial charge in [0.2, 0.25) is 0 Å². The van der Waals surface area contributed by atoms with Crippen LogP contribution in [0.3, 0.4) is 0 Å². The first-order valence-electron chi connectivity index (χ1n) is 6.46. The summed E-state index contributed by atoms with van der Waals surface area (Å²) in [7, 11) is 3.18. The summed E-state index contributed by atoms with van der Waals surface area (Å²) in [5, 5.41) is 0.583. The van der Waals surface area contributed by atoms with Gasteiger partial charge in [-0.15, -0.1) is 0 Å². The van der Waals surface area contributed by atoms with Crippen LogP contribution >= 0.6 is 11.6 Å². The van der Waals surface area contributed by atoms with E-state index in [4.69, 9.17) is 31.5 Å². The highest BCUT2D eigenvalue weighted by atomic mass is 35.5. The maximum absolute atomic E-state index is 6.28. The summed E-state index contributed by atoms with van der Waals surface area (Å²) >= 11 is 6.28.